The third kappa shape index (κ3) is 3.86. The minimum Gasteiger partial charge on any atom is -0.497 e. The van der Waals surface area contributed by atoms with Crippen LogP contribution in [0.4, 0.5) is 11.4 Å². The van der Waals surface area contributed by atoms with Gasteiger partial charge in [0.25, 0.3) is 11.2 Å². The third-order valence-electron chi connectivity index (χ3n) is 5.91. The van der Waals surface area contributed by atoms with Gasteiger partial charge in [-0.1, -0.05) is 30.3 Å². The van der Waals surface area contributed by atoms with E-state index < -0.39 is 10.5 Å². The second kappa shape index (κ2) is 8.95. The molecule has 4 aromatic rings. The van der Waals surface area contributed by atoms with Crippen molar-refractivity contribution in [3.05, 3.63) is 87.2 Å². The zero-order valence-electron chi connectivity index (χ0n) is 18.5. The predicted molar refractivity (Wildman–Crippen MR) is 129 cm³/mol. The number of benzene rings is 3. The lowest BCUT2D eigenvalue weighted by Gasteiger charge is -2.29. The zero-order chi connectivity index (χ0) is 23.7. The van der Waals surface area contributed by atoms with Crippen LogP contribution in [0.25, 0.3) is 27.7 Å². The summed E-state index contributed by atoms with van der Waals surface area (Å²) in [5.74, 6) is 0.640. The van der Waals surface area contributed by atoms with Crippen molar-refractivity contribution in [2.24, 2.45) is 0 Å². The summed E-state index contributed by atoms with van der Waals surface area (Å²) in [7, 11) is 1.58. The molecule has 0 atom stereocenters. The highest BCUT2D eigenvalue weighted by molar-refractivity contribution is 5.94. The predicted octanol–water partition coefficient (Wildman–Crippen LogP) is 3.81. The molecular formula is C25H22N4O5. The van der Waals surface area contributed by atoms with E-state index in [9.17, 15) is 14.9 Å². The molecule has 0 aliphatic carbocycles. The number of anilines is 1. The first kappa shape index (κ1) is 21.6. The number of ether oxygens (including phenoxy) is 2. The van der Waals surface area contributed by atoms with Gasteiger partial charge >= 0.3 is 0 Å². The van der Waals surface area contributed by atoms with Crippen molar-refractivity contribution >= 4 is 22.1 Å². The maximum Gasteiger partial charge on any atom is 0.295 e. The fraction of sp³-hybridized carbons (Fsp3) is 0.200. The molecular weight excluding hydrogens is 436 g/mol. The van der Waals surface area contributed by atoms with E-state index in [1.807, 2.05) is 36.4 Å². The molecule has 1 saturated heterocycles. The van der Waals surface area contributed by atoms with E-state index in [4.69, 9.17) is 9.47 Å². The van der Waals surface area contributed by atoms with Gasteiger partial charge in [0.2, 0.25) is 0 Å². The topological polar surface area (TPSA) is 99.7 Å². The van der Waals surface area contributed by atoms with Crippen molar-refractivity contribution in [1.82, 2.24) is 9.78 Å². The summed E-state index contributed by atoms with van der Waals surface area (Å²) in [6.07, 6.45) is 0. The monoisotopic (exact) mass is 458 g/mol. The number of nitro benzene ring substituents is 1. The van der Waals surface area contributed by atoms with Crippen molar-refractivity contribution in [3.63, 3.8) is 0 Å². The molecule has 0 radical (unpaired) electrons. The Morgan fingerprint density at radius 2 is 1.76 bits per heavy atom. The average molecular weight is 458 g/mol. The van der Waals surface area contributed by atoms with Crippen LogP contribution in [0, 0.1) is 10.1 Å². The fourth-order valence-corrected chi connectivity index (χ4v) is 4.19. The maximum atomic E-state index is 13.5. The first-order valence-corrected chi connectivity index (χ1v) is 10.8. The van der Waals surface area contributed by atoms with Crippen LogP contribution in [0.15, 0.2) is 71.5 Å². The standard InChI is InChI=1S/C25H22N4O5/c1-33-19-6-4-5-17(15-19)24-20-7-2-3-8-21(20)25(30)28(26-24)23-16-18(9-10-22(23)29(31)32)27-11-13-34-14-12-27/h2-10,15-16H,11-14H2,1H3. The molecule has 9 heteroatoms. The Balaban J connectivity index is 1.78. The van der Waals surface area contributed by atoms with Crippen molar-refractivity contribution in [2.45, 2.75) is 0 Å². The van der Waals surface area contributed by atoms with Gasteiger partial charge in [0, 0.05) is 35.8 Å². The number of hydrogen-bond acceptors (Lipinski definition) is 7. The summed E-state index contributed by atoms with van der Waals surface area (Å²) < 4.78 is 11.9. The van der Waals surface area contributed by atoms with Gasteiger partial charge in [-0.05, 0) is 30.3 Å². The van der Waals surface area contributed by atoms with Gasteiger partial charge in [0.1, 0.15) is 11.4 Å². The Labute approximate surface area is 194 Å². The summed E-state index contributed by atoms with van der Waals surface area (Å²) in [5, 5.41) is 17.6. The van der Waals surface area contributed by atoms with Crippen LogP contribution in [0.3, 0.4) is 0 Å². The molecule has 0 N–H and O–H groups in total. The highest BCUT2D eigenvalue weighted by Crippen LogP contribution is 2.31. The molecule has 1 aromatic heterocycles. The van der Waals surface area contributed by atoms with Gasteiger partial charge < -0.3 is 14.4 Å². The first-order valence-electron chi connectivity index (χ1n) is 10.8. The first-order chi connectivity index (χ1) is 16.6. The Morgan fingerprint density at radius 1 is 1.00 bits per heavy atom. The highest BCUT2D eigenvalue weighted by Gasteiger charge is 2.23. The molecule has 9 nitrogen and oxygen atoms in total. The number of rotatable bonds is 5. The third-order valence-corrected chi connectivity index (χ3v) is 5.91. The molecule has 1 aliphatic heterocycles. The number of methoxy groups -OCH3 is 1. The van der Waals surface area contributed by atoms with E-state index in [0.29, 0.717) is 48.5 Å². The van der Waals surface area contributed by atoms with E-state index in [1.54, 1.807) is 31.4 Å². The van der Waals surface area contributed by atoms with Crippen LogP contribution in [0.1, 0.15) is 0 Å². The van der Waals surface area contributed by atoms with Gasteiger partial charge in [0.05, 0.1) is 36.3 Å². The van der Waals surface area contributed by atoms with Crippen LogP contribution < -0.4 is 15.2 Å². The Bertz CT molecular complexity index is 1440. The molecule has 0 bridgehead atoms. The molecule has 3 aromatic carbocycles. The minimum absolute atomic E-state index is 0.119. The van der Waals surface area contributed by atoms with E-state index in [0.717, 1.165) is 15.9 Å². The summed E-state index contributed by atoms with van der Waals surface area (Å²) >= 11 is 0. The quantitative estimate of drug-likeness (QED) is 0.331. The van der Waals surface area contributed by atoms with Crippen molar-refractivity contribution < 1.29 is 14.4 Å². The van der Waals surface area contributed by atoms with Crippen LogP contribution >= 0.6 is 0 Å². The summed E-state index contributed by atoms with van der Waals surface area (Å²) in [6, 6.07) is 19.2. The Kier molecular flexibility index (Phi) is 5.69. The van der Waals surface area contributed by atoms with Gasteiger partial charge in [0.15, 0.2) is 0 Å². The average Bonchev–Trinajstić information content (AvgIpc) is 2.89. The molecule has 1 aliphatic rings. The van der Waals surface area contributed by atoms with E-state index >= 15 is 0 Å². The van der Waals surface area contributed by atoms with Crippen molar-refractivity contribution in [2.75, 3.05) is 38.3 Å². The lowest BCUT2D eigenvalue weighted by molar-refractivity contribution is -0.384. The highest BCUT2D eigenvalue weighted by atomic mass is 16.6. The van der Waals surface area contributed by atoms with Gasteiger partial charge in [-0.3, -0.25) is 14.9 Å². The lowest BCUT2D eigenvalue weighted by atomic mass is 10.0. The molecule has 172 valence electrons. The molecule has 2 heterocycles. The minimum atomic E-state index is -0.493. The number of hydrogen-bond donors (Lipinski definition) is 0. The summed E-state index contributed by atoms with van der Waals surface area (Å²) in [4.78, 5) is 27.0. The molecule has 0 spiro atoms. The van der Waals surface area contributed by atoms with Gasteiger partial charge in [-0.2, -0.15) is 9.78 Å². The smallest absolute Gasteiger partial charge is 0.295 e. The van der Waals surface area contributed by atoms with Crippen molar-refractivity contribution in [1.29, 1.82) is 0 Å². The van der Waals surface area contributed by atoms with Crippen molar-refractivity contribution in [3.8, 4) is 22.7 Å². The largest absolute Gasteiger partial charge is 0.497 e. The maximum absolute atomic E-state index is 13.5. The van der Waals surface area contributed by atoms with E-state index in [2.05, 4.69) is 10.00 Å². The van der Waals surface area contributed by atoms with Crippen LogP contribution in [-0.2, 0) is 4.74 Å². The number of fused-ring (bicyclic) bond motifs is 1. The summed E-state index contributed by atoms with van der Waals surface area (Å²) in [5.41, 5.74) is 1.53. The van der Waals surface area contributed by atoms with Gasteiger partial charge in [-0.25, -0.2) is 0 Å². The van der Waals surface area contributed by atoms with Crippen LogP contribution in [0.2, 0.25) is 0 Å². The molecule has 5 rings (SSSR count). The second-order valence-electron chi connectivity index (χ2n) is 7.87. The zero-order valence-corrected chi connectivity index (χ0v) is 18.5. The van der Waals surface area contributed by atoms with Gasteiger partial charge in [-0.15, -0.1) is 0 Å². The number of morpholine rings is 1. The molecule has 0 saturated carbocycles. The molecule has 34 heavy (non-hydrogen) atoms. The van der Waals surface area contributed by atoms with E-state index in [-0.39, 0.29) is 11.4 Å². The van der Waals surface area contributed by atoms with Crippen LogP contribution in [-0.4, -0.2) is 48.1 Å². The second-order valence-corrected chi connectivity index (χ2v) is 7.87. The molecule has 0 amide bonds. The van der Waals surface area contributed by atoms with Crippen LogP contribution in [0.5, 0.6) is 5.75 Å². The lowest BCUT2D eigenvalue weighted by Crippen LogP contribution is -2.36. The number of nitrogens with zero attached hydrogens (tertiary/aromatic N) is 4. The SMILES string of the molecule is COc1cccc(-c2nn(-c3cc(N4CCOCC4)ccc3[N+](=O)[O-])c(=O)c3ccccc23)c1. The molecule has 1 fully saturated rings. The Hall–Kier alpha value is -4.24. The van der Waals surface area contributed by atoms with E-state index in [1.165, 1.54) is 6.07 Å². The fourth-order valence-electron chi connectivity index (χ4n) is 4.19. The summed E-state index contributed by atoms with van der Waals surface area (Å²) in [6.45, 7) is 2.46. The normalized spacial score (nSPS) is 13.7. The Morgan fingerprint density at radius 3 is 2.50 bits per heavy atom. The molecule has 0 unspecified atom stereocenters. The number of nitro groups is 1. The number of aromatic nitrogens is 2.